The Hall–Kier alpha value is -2.23. The highest BCUT2D eigenvalue weighted by Gasteiger charge is 2.20. The number of hydrogen-bond donors (Lipinski definition) is 1. The predicted octanol–water partition coefficient (Wildman–Crippen LogP) is 3.85. The van der Waals surface area contributed by atoms with Gasteiger partial charge >= 0.3 is 5.97 Å². The van der Waals surface area contributed by atoms with Crippen LogP contribution in [0, 0.1) is 0 Å². The second-order valence-electron chi connectivity index (χ2n) is 5.48. The molecule has 0 bridgehead atoms. The Labute approximate surface area is 118 Å². The number of furan rings is 1. The van der Waals surface area contributed by atoms with E-state index in [4.69, 9.17) is 9.15 Å². The van der Waals surface area contributed by atoms with Crippen molar-refractivity contribution >= 4 is 11.7 Å². The first-order valence-electron chi connectivity index (χ1n) is 6.54. The van der Waals surface area contributed by atoms with Crippen LogP contribution in [-0.2, 0) is 11.3 Å². The van der Waals surface area contributed by atoms with E-state index in [0.717, 1.165) is 11.4 Å². The van der Waals surface area contributed by atoms with E-state index in [-0.39, 0.29) is 5.97 Å². The zero-order chi connectivity index (χ0) is 14.6. The number of carbonyl (C=O) groups is 1. The smallest absolute Gasteiger partial charge is 0.340 e. The number of anilines is 1. The summed E-state index contributed by atoms with van der Waals surface area (Å²) in [5, 5.41) is 3.19. The molecule has 0 saturated carbocycles. The van der Waals surface area contributed by atoms with Crippen LogP contribution >= 0.6 is 0 Å². The maximum atomic E-state index is 12.2. The zero-order valence-corrected chi connectivity index (χ0v) is 12.0. The van der Waals surface area contributed by atoms with Crippen LogP contribution < -0.4 is 5.32 Å². The molecule has 2 rings (SSSR count). The lowest BCUT2D eigenvalue weighted by Gasteiger charge is -2.20. The van der Waals surface area contributed by atoms with Crippen LogP contribution in [0.4, 0.5) is 5.69 Å². The Bertz CT molecular complexity index is 568. The summed E-state index contributed by atoms with van der Waals surface area (Å²) in [6, 6.07) is 11.0. The van der Waals surface area contributed by atoms with Crippen molar-refractivity contribution in [3.05, 3.63) is 54.0 Å². The second-order valence-corrected chi connectivity index (χ2v) is 5.48. The second kappa shape index (κ2) is 5.82. The van der Waals surface area contributed by atoms with Gasteiger partial charge in [0.2, 0.25) is 0 Å². The minimum absolute atomic E-state index is 0.333. The molecule has 1 heterocycles. The highest BCUT2D eigenvalue weighted by atomic mass is 16.6. The van der Waals surface area contributed by atoms with Crippen molar-refractivity contribution in [2.45, 2.75) is 32.9 Å². The first-order valence-corrected chi connectivity index (χ1v) is 6.54. The molecule has 0 aliphatic carbocycles. The number of esters is 1. The Morgan fingerprint density at radius 2 is 1.95 bits per heavy atom. The molecule has 1 aromatic carbocycles. The molecule has 1 N–H and O–H groups in total. The molecular formula is C16H19NO3. The molecule has 1 aromatic heterocycles. The van der Waals surface area contributed by atoms with Crippen LogP contribution in [0.1, 0.15) is 36.9 Å². The van der Waals surface area contributed by atoms with Gasteiger partial charge in [-0.3, -0.25) is 0 Å². The minimum atomic E-state index is -0.509. The highest BCUT2D eigenvalue weighted by Crippen LogP contribution is 2.20. The molecular weight excluding hydrogens is 254 g/mol. The molecule has 4 nitrogen and oxygen atoms in total. The van der Waals surface area contributed by atoms with Gasteiger partial charge in [-0.25, -0.2) is 4.79 Å². The summed E-state index contributed by atoms with van der Waals surface area (Å²) in [6.45, 7) is 6.07. The third kappa shape index (κ3) is 3.88. The number of rotatable bonds is 4. The van der Waals surface area contributed by atoms with Crippen LogP contribution in [0.25, 0.3) is 0 Å². The van der Waals surface area contributed by atoms with Crippen molar-refractivity contribution in [2.24, 2.45) is 0 Å². The Morgan fingerprint density at radius 1 is 1.20 bits per heavy atom. The van der Waals surface area contributed by atoms with Gasteiger partial charge in [0, 0.05) is 5.69 Å². The van der Waals surface area contributed by atoms with Gasteiger partial charge in [0.25, 0.3) is 0 Å². The van der Waals surface area contributed by atoms with Crippen LogP contribution in [0.15, 0.2) is 47.1 Å². The van der Waals surface area contributed by atoms with Gasteiger partial charge in [-0.2, -0.15) is 0 Å². The first kappa shape index (κ1) is 14.2. The predicted molar refractivity (Wildman–Crippen MR) is 77.6 cm³/mol. The van der Waals surface area contributed by atoms with Gasteiger partial charge < -0.3 is 14.5 Å². The van der Waals surface area contributed by atoms with E-state index in [1.807, 2.05) is 51.1 Å². The number of nitrogens with one attached hydrogen (secondary N) is 1. The minimum Gasteiger partial charge on any atom is -0.467 e. The topological polar surface area (TPSA) is 51.5 Å². The largest absolute Gasteiger partial charge is 0.467 e. The number of para-hydroxylation sites is 1. The number of ether oxygens (including phenoxy) is 1. The summed E-state index contributed by atoms with van der Waals surface area (Å²) in [5.74, 6) is 0.476. The van der Waals surface area contributed by atoms with E-state index in [1.165, 1.54) is 0 Å². The van der Waals surface area contributed by atoms with Gasteiger partial charge in [-0.15, -0.1) is 0 Å². The molecule has 0 spiro atoms. The Kier molecular flexibility index (Phi) is 4.13. The molecule has 4 heteroatoms. The summed E-state index contributed by atoms with van der Waals surface area (Å²) in [4.78, 5) is 12.2. The van der Waals surface area contributed by atoms with E-state index in [2.05, 4.69) is 5.32 Å². The fourth-order valence-corrected chi connectivity index (χ4v) is 1.74. The molecule has 20 heavy (non-hydrogen) atoms. The SMILES string of the molecule is CC(C)(C)OC(=O)c1ccccc1NCc1ccco1. The number of benzene rings is 1. The van der Waals surface area contributed by atoms with Gasteiger partial charge in [0.05, 0.1) is 18.4 Å². The summed E-state index contributed by atoms with van der Waals surface area (Å²) >= 11 is 0. The van der Waals surface area contributed by atoms with Crippen molar-refractivity contribution in [1.29, 1.82) is 0 Å². The van der Waals surface area contributed by atoms with Gasteiger partial charge in [-0.1, -0.05) is 12.1 Å². The summed E-state index contributed by atoms with van der Waals surface area (Å²) in [6.07, 6.45) is 1.62. The van der Waals surface area contributed by atoms with Gasteiger partial charge in [0.1, 0.15) is 11.4 Å². The molecule has 2 aromatic rings. The third-order valence-corrected chi connectivity index (χ3v) is 2.58. The quantitative estimate of drug-likeness (QED) is 0.860. The fraction of sp³-hybridized carbons (Fsp3) is 0.312. The van der Waals surface area contributed by atoms with E-state index >= 15 is 0 Å². The lowest BCUT2D eigenvalue weighted by molar-refractivity contribution is 0.00706. The molecule has 0 aliphatic heterocycles. The maximum absolute atomic E-state index is 12.2. The monoisotopic (exact) mass is 273 g/mol. The molecule has 0 fully saturated rings. The molecule has 106 valence electrons. The van der Waals surface area contributed by atoms with Gasteiger partial charge in [0.15, 0.2) is 0 Å². The van der Waals surface area contributed by atoms with E-state index in [1.54, 1.807) is 12.3 Å². The third-order valence-electron chi connectivity index (χ3n) is 2.58. The molecule has 0 atom stereocenters. The standard InChI is InChI=1S/C16H19NO3/c1-16(2,3)20-15(18)13-8-4-5-9-14(13)17-11-12-7-6-10-19-12/h4-10,17H,11H2,1-3H3. The Balaban J connectivity index is 2.11. The van der Waals surface area contributed by atoms with Gasteiger partial charge in [-0.05, 0) is 45.0 Å². The van der Waals surface area contributed by atoms with Crippen molar-refractivity contribution < 1.29 is 13.9 Å². The molecule has 0 saturated heterocycles. The van der Waals surface area contributed by atoms with Crippen LogP contribution in [0.2, 0.25) is 0 Å². The van der Waals surface area contributed by atoms with E-state index in [0.29, 0.717) is 12.1 Å². The lowest BCUT2D eigenvalue weighted by Crippen LogP contribution is -2.24. The summed E-state index contributed by atoms with van der Waals surface area (Å²) in [7, 11) is 0. The molecule has 0 unspecified atom stereocenters. The van der Waals surface area contributed by atoms with Crippen LogP contribution in [0.5, 0.6) is 0 Å². The maximum Gasteiger partial charge on any atom is 0.340 e. The summed E-state index contributed by atoms with van der Waals surface area (Å²) < 4.78 is 10.7. The van der Waals surface area contributed by atoms with E-state index in [9.17, 15) is 4.79 Å². The lowest BCUT2D eigenvalue weighted by atomic mass is 10.1. The fourth-order valence-electron chi connectivity index (χ4n) is 1.74. The van der Waals surface area contributed by atoms with Crippen LogP contribution in [0.3, 0.4) is 0 Å². The molecule has 0 aliphatic rings. The van der Waals surface area contributed by atoms with Crippen molar-refractivity contribution in [2.75, 3.05) is 5.32 Å². The normalized spacial score (nSPS) is 11.2. The highest BCUT2D eigenvalue weighted by molar-refractivity contribution is 5.95. The van der Waals surface area contributed by atoms with Crippen molar-refractivity contribution in [3.63, 3.8) is 0 Å². The van der Waals surface area contributed by atoms with Crippen molar-refractivity contribution in [3.8, 4) is 0 Å². The number of carbonyl (C=O) groups excluding carboxylic acids is 1. The first-order chi connectivity index (χ1) is 9.46. The average molecular weight is 273 g/mol. The zero-order valence-electron chi connectivity index (χ0n) is 12.0. The molecule has 0 radical (unpaired) electrons. The van der Waals surface area contributed by atoms with E-state index < -0.39 is 5.60 Å². The average Bonchev–Trinajstić information content (AvgIpc) is 2.87. The van der Waals surface area contributed by atoms with Crippen molar-refractivity contribution in [1.82, 2.24) is 0 Å². The summed E-state index contributed by atoms with van der Waals surface area (Å²) in [5.41, 5.74) is 0.748. The Morgan fingerprint density at radius 3 is 2.60 bits per heavy atom. The number of hydrogen-bond acceptors (Lipinski definition) is 4. The van der Waals surface area contributed by atoms with Crippen LogP contribution in [-0.4, -0.2) is 11.6 Å². The molecule has 0 amide bonds.